The summed E-state index contributed by atoms with van der Waals surface area (Å²) in [6, 6.07) is 8.17. The maximum Gasteiger partial charge on any atom is 0.103 e. The van der Waals surface area contributed by atoms with Crippen molar-refractivity contribution in [3.05, 3.63) is 35.4 Å². The van der Waals surface area contributed by atoms with Crippen LogP contribution in [-0.2, 0) is 0 Å². The van der Waals surface area contributed by atoms with Gasteiger partial charge in [0.2, 0.25) is 0 Å². The standard InChI is InChI=1S/C14H20N2OS/c1-16(12-3-2-4-12)9-13(17)10-5-7-11(8-6-10)14(15)18/h5-8,12-13,17H,2-4,9H2,1H3,(H2,15,18). The van der Waals surface area contributed by atoms with Crippen LogP contribution in [0.1, 0.15) is 36.5 Å². The van der Waals surface area contributed by atoms with Gasteiger partial charge in [-0.15, -0.1) is 0 Å². The van der Waals surface area contributed by atoms with Crippen molar-refractivity contribution in [2.75, 3.05) is 13.6 Å². The molecule has 3 nitrogen and oxygen atoms in total. The van der Waals surface area contributed by atoms with E-state index in [-0.39, 0.29) is 0 Å². The van der Waals surface area contributed by atoms with Crippen molar-refractivity contribution in [2.24, 2.45) is 5.73 Å². The molecule has 1 fully saturated rings. The van der Waals surface area contributed by atoms with Gasteiger partial charge in [0.05, 0.1) is 6.10 Å². The van der Waals surface area contributed by atoms with E-state index in [2.05, 4.69) is 11.9 Å². The van der Waals surface area contributed by atoms with Crippen molar-refractivity contribution < 1.29 is 5.11 Å². The van der Waals surface area contributed by atoms with Crippen LogP contribution in [0.15, 0.2) is 24.3 Å². The van der Waals surface area contributed by atoms with Gasteiger partial charge in [-0.3, -0.25) is 0 Å². The summed E-state index contributed by atoms with van der Waals surface area (Å²) in [5.41, 5.74) is 7.31. The summed E-state index contributed by atoms with van der Waals surface area (Å²) < 4.78 is 0. The predicted octanol–water partition coefficient (Wildman–Crippen LogP) is 1.84. The SMILES string of the molecule is CN(CC(O)c1ccc(C(N)=S)cc1)C1CCC1. The summed E-state index contributed by atoms with van der Waals surface area (Å²) in [6.07, 6.45) is 3.37. The third-order valence-electron chi connectivity index (χ3n) is 3.74. The van der Waals surface area contributed by atoms with Crippen LogP contribution in [0.25, 0.3) is 0 Å². The number of hydrogen-bond acceptors (Lipinski definition) is 3. The first-order valence-electron chi connectivity index (χ1n) is 6.36. The lowest BCUT2D eigenvalue weighted by Crippen LogP contribution is -2.39. The van der Waals surface area contributed by atoms with Gasteiger partial charge in [-0.2, -0.15) is 0 Å². The zero-order valence-electron chi connectivity index (χ0n) is 10.7. The minimum absolute atomic E-state index is 0.391. The fourth-order valence-electron chi connectivity index (χ4n) is 2.22. The van der Waals surface area contributed by atoms with Gasteiger partial charge >= 0.3 is 0 Å². The van der Waals surface area contributed by atoms with Crippen molar-refractivity contribution in [3.8, 4) is 0 Å². The monoisotopic (exact) mass is 264 g/mol. The summed E-state index contributed by atoms with van der Waals surface area (Å²) in [5, 5.41) is 10.2. The van der Waals surface area contributed by atoms with E-state index in [0.29, 0.717) is 17.6 Å². The molecule has 1 aliphatic carbocycles. The zero-order chi connectivity index (χ0) is 13.1. The molecule has 2 rings (SSSR count). The first kappa shape index (κ1) is 13.5. The van der Waals surface area contributed by atoms with Gasteiger partial charge < -0.3 is 15.7 Å². The molecule has 3 N–H and O–H groups in total. The van der Waals surface area contributed by atoms with Gasteiger partial charge in [0.1, 0.15) is 4.99 Å². The molecule has 0 aromatic heterocycles. The fraction of sp³-hybridized carbons (Fsp3) is 0.500. The fourth-order valence-corrected chi connectivity index (χ4v) is 2.36. The van der Waals surface area contributed by atoms with Crippen molar-refractivity contribution in [3.63, 3.8) is 0 Å². The molecule has 98 valence electrons. The van der Waals surface area contributed by atoms with Crippen LogP contribution < -0.4 is 5.73 Å². The smallest absolute Gasteiger partial charge is 0.103 e. The van der Waals surface area contributed by atoms with E-state index in [4.69, 9.17) is 18.0 Å². The lowest BCUT2D eigenvalue weighted by atomic mass is 9.91. The highest BCUT2D eigenvalue weighted by Crippen LogP contribution is 2.25. The minimum Gasteiger partial charge on any atom is -0.389 e. The molecule has 18 heavy (non-hydrogen) atoms. The van der Waals surface area contributed by atoms with E-state index >= 15 is 0 Å². The molecule has 0 spiro atoms. The molecule has 1 aromatic carbocycles. The molecule has 1 unspecified atom stereocenters. The molecule has 0 radical (unpaired) electrons. The van der Waals surface area contributed by atoms with Gasteiger partial charge in [0.15, 0.2) is 0 Å². The Morgan fingerprint density at radius 2 is 2.06 bits per heavy atom. The number of aliphatic hydroxyl groups is 1. The van der Waals surface area contributed by atoms with Crippen molar-refractivity contribution >= 4 is 17.2 Å². The lowest BCUT2D eigenvalue weighted by Gasteiger charge is -2.35. The second kappa shape index (κ2) is 5.78. The average Bonchev–Trinajstić information content (AvgIpc) is 2.26. The van der Waals surface area contributed by atoms with Gasteiger partial charge in [-0.05, 0) is 25.5 Å². The van der Waals surface area contributed by atoms with Crippen LogP contribution >= 0.6 is 12.2 Å². The Morgan fingerprint density at radius 1 is 1.44 bits per heavy atom. The molecule has 0 aliphatic heterocycles. The Morgan fingerprint density at radius 3 is 2.50 bits per heavy atom. The molecule has 0 bridgehead atoms. The highest BCUT2D eigenvalue weighted by atomic mass is 32.1. The van der Waals surface area contributed by atoms with Crippen LogP contribution in [-0.4, -0.2) is 34.6 Å². The van der Waals surface area contributed by atoms with E-state index in [9.17, 15) is 5.11 Å². The van der Waals surface area contributed by atoms with E-state index in [1.807, 2.05) is 24.3 Å². The molecule has 0 heterocycles. The normalized spacial score (nSPS) is 17.5. The first-order chi connectivity index (χ1) is 8.58. The molecule has 0 amide bonds. The second-order valence-corrected chi connectivity index (χ2v) is 5.47. The minimum atomic E-state index is -0.448. The molecular formula is C14H20N2OS. The maximum absolute atomic E-state index is 10.2. The number of nitrogens with two attached hydrogens (primary N) is 1. The topological polar surface area (TPSA) is 49.5 Å². The highest BCUT2D eigenvalue weighted by Gasteiger charge is 2.23. The molecule has 1 aromatic rings. The zero-order valence-corrected chi connectivity index (χ0v) is 11.5. The summed E-state index contributed by atoms with van der Waals surface area (Å²) in [4.78, 5) is 2.64. The van der Waals surface area contributed by atoms with Gasteiger partial charge in [0.25, 0.3) is 0 Å². The molecule has 1 saturated carbocycles. The number of hydrogen-bond donors (Lipinski definition) is 2. The molecule has 0 saturated heterocycles. The Balaban J connectivity index is 1.95. The van der Waals surface area contributed by atoms with Gasteiger partial charge in [0, 0.05) is 18.2 Å². The largest absolute Gasteiger partial charge is 0.389 e. The van der Waals surface area contributed by atoms with Crippen LogP contribution in [0.5, 0.6) is 0 Å². The quantitative estimate of drug-likeness (QED) is 0.797. The lowest BCUT2D eigenvalue weighted by molar-refractivity contribution is 0.0776. The number of rotatable bonds is 5. The Labute approximate surface area is 114 Å². The Hall–Kier alpha value is -0.970. The maximum atomic E-state index is 10.2. The van der Waals surface area contributed by atoms with Crippen LogP contribution in [0.4, 0.5) is 0 Å². The molecule has 1 aliphatic rings. The van der Waals surface area contributed by atoms with Crippen LogP contribution in [0.2, 0.25) is 0 Å². The van der Waals surface area contributed by atoms with E-state index in [1.54, 1.807) is 0 Å². The molecule has 1 atom stereocenters. The number of thiocarbonyl (C=S) groups is 1. The first-order valence-corrected chi connectivity index (χ1v) is 6.77. The van der Waals surface area contributed by atoms with E-state index in [0.717, 1.165) is 11.1 Å². The van der Waals surface area contributed by atoms with E-state index in [1.165, 1.54) is 19.3 Å². The third kappa shape index (κ3) is 3.07. The number of nitrogens with zero attached hydrogens (tertiary/aromatic N) is 1. The summed E-state index contributed by atoms with van der Waals surface area (Å²) in [6.45, 7) is 0.678. The summed E-state index contributed by atoms with van der Waals surface area (Å²) >= 11 is 4.91. The number of benzene rings is 1. The average molecular weight is 264 g/mol. The number of likely N-dealkylation sites (N-methyl/N-ethyl adjacent to an activating group) is 1. The molecular weight excluding hydrogens is 244 g/mol. The van der Waals surface area contributed by atoms with Crippen LogP contribution in [0.3, 0.4) is 0 Å². The van der Waals surface area contributed by atoms with Gasteiger partial charge in [-0.25, -0.2) is 0 Å². The van der Waals surface area contributed by atoms with Crippen molar-refractivity contribution in [1.29, 1.82) is 0 Å². The highest BCUT2D eigenvalue weighted by molar-refractivity contribution is 7.80. The predicted molar refractivity (Wildman–Crippen MR) is 77.6 cm³/mol. The van der Waals surface area contributed by atoms with Gasteiger partial charge in [-0.1, -0.05) is 42.9 Å². The third-order valence-corrected chi connectivity index (χ3v) is 3.97. The Kier molecular flexibility index (Phi) is 4.32. The van der Waals surface area contributed by atoms with Crippen LogP contribution in [0, 0.1) is 0 Å². The molecule has 4 heteroatoms. The van der Waals surface area contributed by atoms with Crippen molar-refractivity contribution in [1.82, 2.24) is 4.90 Å². The second-order valence-electron chi connectivity index (χ2n) is 5.03. The summed E-state index contributed by atoms with van der Waals surface area (Å²) in [7, 11) is 2.08. The summed E-state index contributed by atoms with van der Waals surface area (Å²) in [5.74, 6) is 0. The van der Waals surface area contributed by atoms with E-state index < -0.39 is 6.10 Å². The Bertz CT molecular complexity index is 414. The van der Waals surface area contributed by atoms with Crippen molar-refractivity contribution in [2.45, 2.75) is 31.4 Å². The number of aliphatic hydroxyl groups excluding tert-OH is 1.